The lowest BCUT2D eigenvalue weighted by atomic mass is 9.96. The van der Waals surface area contributed by atoms with Gasteiger partial charge < -0.3 is 5.73 Å². The largest absolute Gasteiger partial charge is 0.325 e. The number of nitrogens with two attached hydrogens (primary N) is 1. The first-order chi connectivity index (χ1) is 6.29. The molecule has 4 heteroatoms. The number of rotatable bonds is 2. The van der Waals surface area contributed by atoms with E-state index in [1.54, 1.807) is 0 Å². The highest BCUT2D eigenvalue weighted by Gasteiger charge is 2.15. The highest BCUT2D eigenvalue weighted by molar-refractivity contribution is 9.10. The molecule has 2 N–H and O–H groups in total. The van der Waals surface area contributed by atoms with E-state index in [-0.39, 0.29) is 4.47 Å². The summed E-state index contributed by atoms with van der Waals surface area (Å²) in [5.74, 6) is -1.19. The van der Waals surface area contributed by atoms with Crippen molar-refractivity contribution in [3.05, 3.63) is 33.8 Å². The second kappa shape index (κ2) is 3.95. The Bertz CT molecular complexity index is 321. The molecule has 0 bridgehead atoms. The van der Waals surface area contributed by atoms with Gasteiger partial charge in [-0.05, 0) is 53.9 Å². The Morgan fingerprint density at radius 2 is 1.71 bits per heavy atom. The summed E-state index contributed by atoms with van der Waals surface area (Å²) in [7, 11) is 0. The lowest BCUT2D eigenvalue weighted by Crippen LogP contribution is -2.34. The van der Waals surface area contributed by atoms with E-state index in [0.717, 1.165) is 0 Å². The smallest absolute Gasteiger partial charge is 0.140 e. The van der Waals surface area contributed by atoms with Crippen molar-refractivity contribution in [1.29, 1.82) is 0 Å². The van der Waals surface area contributed by atoms with Gasteiger partial charge in [-0.25, -0.2) is 8.78 Å². The summed E-state index contributed by atoms with van der Waals surface area (Å²) >= 11 is 2.81. The zero-order valence-corrected chi connectivity index (χ0v) is 9.66. The topological polar surface area (TPSA) is 26.0 Å². The maximum Gasteiger partial charge on any atom is 0.140 e. The molecule has 1 aromatic rings. The van der Waals surface area contributed by atoms with Crippen LogP contribution in [0.2, 0.25) is 0 Å². The normalized spacial score (nSPS) is 11.9. The molecule has 0 spiro atoms. The van der Waals surface area contributed by atoms with Crippen LogP contribution in [0.15, 0.2) is 16.6 Å². The van der Waals surface area contributed by atoms with Crippen LogP contribution < -0.4 is 5.73 Å². The summed E-state index contributed by atoms with van der Waals surface area (Å²) < 4.78 is 26.0. The molecular weight excluding hydrogens is 252 g/mol. The van der Waals surface area contributed by atoms with Gasteiger partial charge in [-0.2, -0.15) is 0 Å². The molecule has 0 aliphatic carbocycles. The van der Waals surface area contributed by atoms with Crippen LogP contribution in [-0.2, 0) is 6.42 Å². The first-order valence-corrected chi connectivity index (χ1v) is 5.01. The van der Waals surface area contributed by atoms with Crippen LogP contribution in [0.25, 0.3) is 0 Å². The van der Waals surface area contributed by atoms with E-state index in [1.165, 1.54) is 12.1 Å². The fourth-order valence-corrected chi connectivity index (χ4v) is 1.47. The first-order valence-electron chi connectivity index (χ1n) is 4.22. The Balaban J connectivity index is 3.02. The summed E-state index contributed by atoms with van der Waals surface area (Å²) in [6.45, 7) is 3.62. The predicted octanol–water partition coefficient (Wildman–Crippen LogP) is 3.01. The average molecular weight is 264 g/mol. The second-order valence-electron chi connectivity index (χ2n) is 4.04. The van der Waals surface area contributed by atoms with Gasteiger partial charge >= 0.3 is 0 Å². The van der Waals surface area contributed by atoms with Crippen LogP contribution in [0.1, 0.15) is 19.4 Å². The number of hydrogen-bond acceptors (Lipinski definition) is 1. The Morgan fingerprint density at radius 1 is 1.29 bits per heavy atom. The summed E-state index contributed by atoms with van der Waals surface area (Å²) in [4.78, 5) is 0. The SMILES string of the molecule is CC(C)(N)Cc1cc(F)c(Br)c(F)c1. The zero-order chi connectivity index (χ0) is 10.9. The van der Waals surface area contributed by atoms with Gasteiger partial charge in [0, 0.05) is 5.54 Å². The van der Waals surface area contributed by atoms with Crippen molar-refractivity contribution in [3.63, 3.8) is 0 Å². The van der Waals surface area contributed by atoms with Gasteiger partial charge in [-0.15, -0.1) is 0 Å². The van der Waals surface area contributed by atoms with Crippen molar-refractivity contribution in [3.8, 4) is 0 Å². The molecule has 78 valence electrons. The van der Waals surface area contributed by atoms with Gasteiger partial charge in [0.15, 0.2) is 0 Å². The molecule has 0 atom stereocenters. The quantitative estimate of drug-likeness (QED) is 0.816. The molecule has 1 aromatic carbocycles. The third-order valence-electron chi connectivity index (χ3n) is 1.70. The van der Waals surface area contributed by atoms with Crippen LogP contribution >= 0.6 is 15.9 Å². The van der Waals surface area contributed by atoms with Crippen molar-refractivity contribution < 1.29 is 8.78 Å². The molecule has 0 saturated heterocycles. The van der Waals surface area contributed by atoms with Gasteiger partial charge in [-0.1, -0.05) is 0 Å². The van der Waals surface area contributed by atoms with E-state index in [2.05, 4.69) is 15.9 Å². The Kier molecular flexibility index (Phi) is 3.27. The third-order valence-corrected chi connectivity index (χ3v) is 2.46. The van der Waals surface area contributed by atoms with Crippen LogP contribution in [0.4, 0.5) is 8.78 Å². The maximum absolute atomic E-state index is 13.1. The van der Waals surface area contributed by atoms with Crippen molar-refractivity contribution in [2.24, 2.45) is 5.73 Å². The van der Waals surface area contributed by atoms with E-state index in [9.17, 15) is 8.78 Å². The van der Waals surface area contributed by atoms with Gasteiger partial charge in [0.1, 0.15) is 11.6 Å². The molecule has 1 nitrogen and oxygen atoms in total. The Labute approximate surface area is 90.4 Å². The molecule has 1 rings (SSSR count). The molecule has 0 saturated carbocycles. The molecule has 0 aliphatic rings. The average Bonchev–Trinajstić information content (AvgIpc) is 1.96. The second-order valence-corrected chi connectivity index (χ2v) is 4.83. The monoisotopic (exact) mass is 263 g/mol. The summed E-state index contributed by atoms with van der Waals surface area (Å²) in [5.41, 5.74) is 5.85. The minimum atomic E-state index is -0.593. The van der Waals surface area contributed by atoms with E-state index >= 15 is 0 Å². The molecule has 0 fully saturated rings. The van der Waals surface area contributed by atoms with Crippen molar-refractivity contribution in [2.75, 3.05) is 0 Å². The summed E-state index contributed by atoms with van der Waals surface area (Å²) in [6, 6.07) is 2.59. The van der Waals surface area contributed by atoms with E-state index in [0.29, 0.717) is 12.0 Å². The number of hydrogen-bond donors (Lipinski definition) is 1. The highest BCUT2D eigenvalue weighted by atomic mass is 79.9. The van der Waals surface area contributed by atoms with Gasteiger partial charge in [0.2, 0.25) is 0 Å². The van der Waals surface area contributed by atoms with Gasteiger partial charge in [-0.3, -0.25) is 0 Å². The van der Waals surface area contributed by atoms with Crippen molar-refractivity contribution in [1.82, 2.24) is 0 Å². The van der Waals surface area contributed by atoms with E-state index < -0.39 is 17.2 Å². The van der Waals surface area contributed by atoms with Crippen LogP contribution in [-0.4, -0.2) is 5.54 Å². The van der Waals surface area contributed by atoms with E-state index in [1.807, 2.05) is 13.8 Å². The minimum Gasteiger partial charge on any atom is -0.325 e. The summed E-state index contributed by atoms with van der Waals surface area (Å²) in [6.07, 6.45) is 0.439. The highest BCUT2D eigenvalue weighted by Crippen LogP contribution is 2.22. The molecule has 0 aromatic heterocycles. The molecule has 0 aliphatic heterocycles. The fraction of sp³-hybridized carbons (Fsp3) is 0.400. The number of benzene rings is 1. The fourth-order valence-electron chi connectivity index (χ4n) is 1.24. The lowest BCUT2D eigenvalue weighted by molar-refractivity contribution is 0.508. The third kappa shape index (κ3) is 3.03. The van der Waals surface area contributed by atoms with Crippen molar-refractivity contribution >= 4 is 15.9 Å². The lowest BCUT2D eigenvalue weighted by Gasteiger charge is -2.18. The Morgan fingerprint density at radius 3 is 2.07 bits per heavy atom. The predicted molar refractivity (Wildman–Crippen MR) is 56.0 cm³/mol. The van der Waals surface area contributed by atoms with Gasteiger partial charge in [0.25, 0.3) is 0 Å². The molecule has 0 unspecified atom stereocenters. The molecule has 0 heterocycles. The van der Waals surface area contributed by atoms with Crippen LogP contribution in [0, 0.1) is 11.6 Å². The first kappa shape index (κ1) is 11.6. The summed E-state index contributed by atoms with van der Waals surface area (Å²) in [5, 5.41) is 0. The van der Waals surface area contributed by atoms with E-state index in [4.69, 9.17) is 5.73 Å². The Hall–Kier alpha value is -0.480. The van der Waals surface area contributed by atoms with Gasteiger partial charge in [0.05, 0.1) is 4.47 Å². The van der Waals surface area contributed by atoms with Crippen molar-refractivity contribution in [2.45, 2.75) is 25.8 Å². The molecule has 0 radical (unpaired) electrons. The molecule has 14 heavy (non-hydrogen) atoms. The molecular formula is C10H12BrF2N. The standard InChI is InChI=1S/C10H12BrF2N/c1-10(2,14)5-6-3-7(12)9(11)8(13)4-6/h3-4H,5,14H2,1-2H3. The maximum atomic E-state index is 13.1. The van der Waals surface area contributed by atoms with Crippen LogP contribution in [0.5, 0.6) is 0 Å². The zero-order valence-electron chi connectivity index (χ0n) is 8.07. The number of halogens is 3. The molecule has 0 amide bonds. The minimum absolute atomic E-state index is 0.129. The van der Waals surface area contributed by atoms with Crippen LogP contribution in [0.3, 0.4) is 0 Å².